The van der Waals surface area contributed by atoms with Crippen LogP contribution in [0.1, 0.15) is 17.1 Å². The van der Waals surface area contributed by atoms with E-state index in [1.807, 2.05) is 0 Å². The Morgan fingerprint density at radius 1 is 1.31 bits per heavy atom. The Bertz CT molecular complexity index is 407. The molecule has 0 atom stereocenters. The number of thioether (sulfide) groups is 1. The van der Waals surface area contributed by atoms with Crippen LogP contribution in [0, 0.1) is 0 Å². The van der Waals surface area contributed by atoms with Crippen LogP contribution in [0.2, 0.25) is 0 Å². The number of aromatic nitrogens is 2. The van der Waals surface area contributed by atoms with Crippen LogP contribution < -0.4 is 11.3 Å². The summed E-state index contributed by atoms with van der Waals surface area (Å²) in [6.45, 7) is 0. The van der Waals surface area contributed by atoms with Gasteiger partial charge in [0.15, 0.2) is 0 Å². The van der Waals surface area contributed by atoms with Gasteiger partial charge in [-0.2, -0.15) is 24.9 Å². The van der Waals surface area contributed by atoms with Gasteiger partial charge in [0.2, 0.25) is 0 Å². The number of rotatable bonds is 2. The van der Waals surface area contributed by atoms with Crippen LogP contribution in [0.5, 0.6) is 0 Å². The zero-order valence-corrected chi connectivity index (χ0v) is 8.95. The quantitative estimate of drug-likeness (QED) is 0.616. The van der Waals surface area contributed by atoms with E-state index in [-0.39, 0.29) is 5.82 Å². The van der Waals surface area contributed by atoms with Crippen molar-refractivity contribution in [3.8, 4) is 0 Å². The highest BCUT2D eigenvalue weighted by molar-refractivity contribution is 7.98. The molecular weight excluding hydrogens is 241 g/mol. The van der Waals surface area contributed by atoms with Crippen molar-refractivity contribution in [2.75, 3.05) is 5.43 Å². The Kier molecular flexibility index (Phi) is 2.94. The van der Waals surface area contributed by atoms with Crippen LogP contribution in [0.25, 0.3) is 0 Å². The Balaban J connectivity index is 2.35. The summed E-state index contributed by atoms with van der Waals surface area (Å²) in [7, 11) is 0. The van der Waals surface area contributed by atoms with E-state index in [9.17, 15) is 13.2 Å². The summed E-state index contributed by atoms with van der Waals surface area (Å²) in [5.74, 6) is 6.58. The maximum Gasteiger partial charge on any atom is 0.396 e. The minimum Gasteiger partial charge on any atom is -0.308 e. The summed E-state index contributed by atoms with van der Waals surface area (Å²) in [5, 5.41) is 0. The van der Waals surface area contributed by atoms with Gasteiger partial charge in [-0.3, -0.25) is 0 Å². The van der Waals surface area contributed by atoms with Gasteiger partial charge in [0.05, 0.1) is 5.69 Å². The maximum atomic E-state index is 12.2. The lowest BCUT2D eigenvalue weighted by Crippen LogP contribution is -2.18. The highest BCUT2D eigenvalue weighted by Crippen LogP contribution is 2.33. The zero-order valence-electron chi connectivity index (χ0n) is 8.14. The van der Waals surface area contributed by atoms with Crippen LogP contribution in [0.4, 0.5) is 19.0 Å². The molecule has 0 unspecified atom stereocenters. The van der Waals surface area contributed by atoms with Crippen LogP contribution in [0.15, 0.2) is 0 Å². The fourth-order valence-electron chi connectivity index (χ4n) is 1.48. The van der Waals surface area contributed by atoms with Crippen molar-refractivity contribution in [1.82, 2.24) is 9.97 Å². The van der Waals surface area contributed by atoms with E-state index < -0.39 is 12.6 Å². The van der Waals surface area contributed by atoms with E-state index in [4.69, 9.17) is 5.84 Å². The molecule has 1 aliphatic heterocycles. The third-order valence-electron chi connectivity index (χ3n) is 2.12. The smallest absolute Gasteiger partial charge is 0.308 e. The van der Waals surface area contributed by atoms with Crippen molar-refractivity contribution in [2.24, 2.45) is 5.84 Å². The molecule has 1 aromatic rings. The van der Waals surface area contributed by atoms with E-state index in [1.54, 1.807) is 11.8 Å². The average molecular weight is 250 g/mol. The Morgan fingerprint density at radius 3 is 2.69 bits per heavy atom. The molecule has 0 amide bonds. The molecule has 2 heterocycles. The Labute approximate surface area is 93.8 Å². The summed E-state index contributed by atoms with van der Waals surface area (Å²) < 4.78 is 36.6. The summed E-state index contributed by atoms with van der Waals surface area (Å²) in [5.41, 5.74) is 3.77. The van der Waals surface area contributed by atoms with Gasteiger partial charge < -0.3 is 5.43 Å². The number of anilines is 1. The van der Waals surface area contributed by atoms with Crippen molar-refractivity contribution < 1.29 is 13.2 Å². The van der Waals surface area contributed by atoms with Crippen LogP contribution in [-0.2, 0) is 17.9 Å². The molecule has 0 saturated heterocycles. The van der Waals surface area contributed by atoms with Crippen molar-refractivity contribution in [2.45, 2.75) is 24.1 Å². The largest absolute Gasteiger partial charge is 0.396 e. The summed E-state index contributed by atoms with van der Waals surface area (Å²) in [6, 6.07) is 0. The normalized spacial score (nSPS) is 15.0. The molecule has 0 aromatic carbocycles. The molecule has 3 N–H and O–H groups in total. The molecule has 4 nitrogen and oxygen atoms in total. The molecule has 8 heteroatoms. The standard InChI is InChI=1S/C8H9F3N4S/c9-8(10,11)1-6-13-5-3-16-2-4(5)7(14-6)15-12/h1-3,12H2,(H,13,14,15). The predicted octanol–water partition coefficient (Wildman–Crippen LogP) is 1.61. The molecule has 0 aliphatic carbocycles. The first-order chi connectivity index (χ1) is 7.49. The second kappa shape index (κ2) is 4.10. The number of hydrogen-bond acceptors (Lipinski definition) is 5. The molecule has 1 aromatic heterocycles. The number of nitrogens with two attached hydrogens (primary N) is 1. The topological polar surface area (TPSA) is 63.8 Å². The predicted molar refractivity (Wildman–Crippen MR) is 54.6 cm³/mol. The molecule has 0 saturated carbocycles. The fraction of sp³-hybridized carbons (Fsp3) is 0.500. The van der Waals surface area contributed by atoms with Crippen molar-refractivity contribution >= 4 is 17.6 Å². The molecule has 0 fully saturated rings. The minimum atomic E-state index is -4.30. The molecule has 2 rings (SSSR count). The fourth-order valence-corrected chi connectivity index (χ4v) is 2.52. The first kappa shape index (κ1) is 11.5. The summed E-state index contributed by atoms with van der Waals surface area (Å²) >= 11 is 1.58. The van der Waals surface area contributed by atoms with E-state index in [2.05, 4.69) is 15.4 Å². The number of nitrogens with one attached hydrogen (secondary N) is 1. The maximum absolute atomic E-state index is 12.2. The van der Waals surface area contributed by atoms with Gasteiger partial charge in [-0.25, -0.2) is 15.8 Å². The van der Waals surface area contributed by atoms with Crippen molar-refractivity contribution in [3.63, 3.8) is 0 Å². The molecule has 0 bridgehead atoms. The monoisotopic (exact) mass is 250 g/mol. The number of hydrogen-bond donors (Lipinski definition) is 2. The number of nitrogen functional groups attached to an aromatic ring is 1. The van der Waals surface area contributed by atoms with Gasteiger partial charge >= 0.3 is 6.18 Å². The number of alkyl halides is 3. The van der Waals surface area contributed by atoms with Crippen molar-refractivity contribution in [1.29, 1.82) is 0 Å². The van der Waals surface area contributed by atoms with Crippen LogP contribution >= 0.6 is 11.8 Å². The first-order valence-electron chi connectivity index (χ1n) is 4.49. The average Bonchev–Trinajstić information content (AvgIpc) is 2.61. The Hall–Kier alpha value is -1.02. The number of nitrogens with zero attached hydrogens (tertiary/aromatic N) is 2. The molecule has 88 valence electrons. The van der Waals surface area contributed by atoms with Gasteiger partial charge in [0.25, 0.3) is 0 Å². The van der Waals surface area contributed by atoms with Crippen LogP contribution in [-0.4, -0.2) is 16.1 Å². The molecular formula is C8H9F3N4S. The molecule has 0 spiro atoms. The second-order valence-electron chi connectivity index (χ2n) is 3.34. The molecule has 0 radical (unpaired) electrons. The van der Waals surface area contributed by atoms with Gasteiger partial charge in [-0.1, -0.05) is 0 Å². The third-order valence-corrected chi connectivity index (χ3v) is 3.09. The molecule has 16 heavy (non-hydrogen) atoms. The lowest BCUT2D eigenvalue weighted by molar-refractivity contribution is -0.128. The molecule has 1 aliphatic rings. The van der Waals surface area contributed by atoms with Crippen LogP contribution in [0.3, 0.4) is 0 Å². The first-order valence-corrected chi connectivity index (χ1v) is 5.65. The highest BCUT2D eigenvalue weighted by atomic mass is 32.2. The second-order valence-corrected chi connectivity index (χ2v) is 4.33. The van der Waals surface area contributed by atoms with Gasteiger partial charge in [0, 0.05) is 17.1 Å². The third kappa shape index (κ3) is 2.38. The lowest BCUT2D eigenvalue weighted by atomic mass is 10.2. The summed E-state index contributed by atoms with van der Waals surface area (Å²) in [6.07, 6.45) is -5.43. The highest BCUT2D eigenvalue weighted by Gasteiger charge is 2.31. The van der Waals surface area contributed by atoms with Gasteiger partial charge in [0.1, 0.15) is 18.1 Å². The number of halogens is 3. The SMILES string of the molecule is NNc1nc(CC(F)(F)F)nc2c1CSC2. The Morgan fingerprint density at radius 2 is 2.06 bits per heavy atom. The number of fused-ring (bicyclic) bond motifs is 1. The van der Waals surface area contributed by atoms with Gasteiger partial charge in [-0.15, -0.1) is 0 Å². The summed E-state index contributed by atoms with van der Waals surface area (Å²) in [4.78, 5) is 7.67. The minimum absolute atomic E-state index is 0.235. The van der Waals surface area contributed by atoms with E-state index in [0.29, 0.717) is 23.0 Å². The zero-order chi connectivity index (χ0) is 11.8. The van der Waals surface area contributed by atoms with Crippen molar-refractivity contribution in [3.05, 3.63) is 17.1 Å². The van der Waals surface area contributed by atoms with E-state index in [1.165, 1.54) is 0 Å². The van der Waals surface area contributed by atoms with E-state index in [0.717, 1.165) is 5.56 Å². The van der Waals surface area contributed by atoms with E-state index >= 15 is 0 Å². The lowest BCUT2D eigenvalue weighted by Gasteiger charge is -2.10. The van der Waals surface area contributed by atoms with Gasteiger partial charge in [-0.05, 0) is 0 Å². The number of hydrazine groups is 1.